The predicted octanol–water partition coefficient (Wildman–Crippen LogP) is 1.20. The summed E-state index contributed by atoms with van der Waals surface area (Å²) in [5.41, 5.74) is -0.461. The molecule has 0 spiro atoms. The Bertz CT molecular complexity index is 1080. The number of fused-ring (bicyclic) bond motifs is 1. The van der Waals surface area contributed by atoms with Crippen LogP contribution < -0.4 is 16.0 Å². The molecule has 4 amide bonds. The van der Waals surface area contributed by atoms with Crippen molar-refractivity contribution in [1.29, 1.82) is 0 Å². The van der Waals surface area contributed by atoms with Crippen molar-refractivity contribution in [2.24, 2.45) is 0 Å². The lowest BCUT2D eigenvalue weighted by atomic mass is 10.0. The van der Waals surface area contributed by atoms with Gasteiger partial charge in [-0.05, 0) is 26.3 Å². The first-order valence-corrected chi connectivity index (χ1v) is 11.9. The van der Waals surface area contributed by atoms with E-state index < -0.39 is 46.9 Å². The summed E-state index contributed by atoms with van der Waals surface area (Å²) in [6.45, 7) is 8.56. The summed E-state index contributed by atoms with van der Waals surface area (Å²) >= 11 is 2.32. The number of carbonyl (C=O) groups excluding carboxylic acids is 4. The van der Waals surface area contributed by atoms with Crippen molar-refractivity contribution < 1.29 is 33.8 Å². The lowest BCUT2D eigenvalue weighted by molar-refractivity contribution is -0.151. The highest BCUT2D eigenvalue weighted by Gasteiger charge is 2.54. The number of alkyl carbamates (subject to hydrolysis) is 1. The van der Waals surface area contributed by atoms with Gasteiger partial charge in [-0.2, -0.15) is 0 Å². The minimum atomic E-state index is -1.33. The number of thioether (sulfide) groups is 1. The van der Waals surface area contributed by atoms with E-state index in [-0.39, 0.29) is 16.5 Å². The monoisotopic (exact) mass is 509 g/mol. The van der Waals surface area contributed by atoms with Crippen LogP contribution in [0.15, 0.2) is 29.3 Å². The Morgan fingerprint density at radius 1 is 1.38 bits per heavy atom. The van der Waals surface area contributed by atoms with E-state index in [9.17, 15) is 29.1 Å². The molecule has 1 fully saturated rings. The lowest BCUT2D eigenvalue weighted by Gasteiger charge is -2.49. The molecule has 1 aromatic heterocycles. The van der Waals surface area contributed by atoms with Crippen molar-refractivity contribution in [2.75, 3.05) is 11.1 Å². The maximum atomic E-state index is 13.1. The van der Waals surface area contributed by atoms with E-state index in [0.717, 1.165) is 16.2 Å². The number of carboxylic acids is 1. The van der Waals surface area contributed by atoms with Gasteiger partial charge in [0.15, 0.2) is 11.2 Å². The fourth-order valence-corrected chi connectivity index (χ4v) is 5.31. The van der Waals surface area contributed by atoms with Gasteiger partial charge in [-0.3, -0.25) is 19.3 Å². The van der Waals surface area contributed by atoms with Gasteiger partial charge in [-0.15, -0.1) is 23.1 Å². The number of nitrogens with zero attached hydrogens (tertiary/aromatic N) is 2. The SMILES string of the molecule is C=CC1=C(C(=O)O)N2C(=O)C(NC(=O)C(NC(=O)OC(C)(C)C)c3csc(NC=O)n3)[C@@H]2SC1. The molecule has 2 aliphatic heterocycles. The van der Waals surface area contributed by atoms with Gasteiger partial charge in [0.25, 0.3) is 5.91 Å². The molecule has 1 aromatic rings. The third kappa shape index (κ3) is 5.22. The number of thiazole rings is 1. The number of carboxylic acid groups (broad SMARTS) is 1. The molecular formula is C20H23N5O7S2. The molecule has 0 radical (unpaired) electrons. The number of carbonyl (C=O) groups is 5. The smallest absolute Gasteiger partial charge is 0.408 e. The zero-order chi connectivity index (χ0) is 25.2. The molecule has 3 heterocycles. The van der Waals surface area contributed by atoms with E-state index in [4.69, 9.17) is 4.74 Å². The Hall–Kier alpha value is -3.39. The molecule has 0 aromatic carbocycles. The van der Waals surface area contributed by atoms with Crippen molar-refractivity contribution in [3.63, 3.8) is 0 Å². The highest BCUT2D eigenvalue weighted by Crippen LogP contribution is 2.40. The lowest BCUT2D eigenvalue weighted by Crippen LogP contribution is -2.71. The molecule has 0 bridgehead atoms. The fraction of sp³-hybridized carbons (Fsp3) is 0.400. The van der Waals surface area contributed by atoms with Crippen LogP contribution in [0.25, 0.3) is 0 Å². The molecule has 4 N–H and O–H groups in total. The van der Waals surface area contributed by atoms with E-state index in [1.165, 1.54) is 23.2 Å². The Morgan fingerprint density at radius 2 is 2.09 bits per heavy atom. The largest absolute Gasteiger partial charge is 0.477 e. The molecule has 3 atom stereocenters. The van der Waals surface area contributed by atoms with E-state index in [0.29, 0.717) is 17.7 Å². The molecule has 2 unspecified atom stereocenters. The highest BCUT2D eigenvalue weighted by molar-refractivity contribution is 8.00. The molecule has 34 heavy (non-hydrogen) atoms. The molecule has 0 aliphatic carbocycles. The number of amides is 4. The van der Waals surface area contributed by atoms with Gasteiger partial charge in [0.1, 0.15) is 22.7 Å². The number of aliphatic carboxylic acids is 1. The second-order valence-electron chi connectivity index (χ2n) is 8.20. The van der Waals surface area contributed by atoms with Crippen LogP contribution in [-0.2, 0) is 23.9 Å². The Kier molecular flexibility index (Phi) is 7.31. The summed E-state index contributed by atoms with van der Waals surface area (Å²) in [4.78, 5) is 65.9. The normalized spacial score (nSPS) is 20.4. The molecule has 1 saturated heterocycles. The third-order valence-corrected chi connectivity index (χ3v) is 6.76. The number of nitrogens with one attached hydrogen (secondary N) is 3. The van der Waals surface area contributed by atoms with Crippen LogP contribution in [-0.4, -0.2) is 68.0 Å². The van der Waals surface area contributed by atoms with Crippen LogP contribution in [0.3, 0.4) is 0 Å². The van der Waals surface area contributed by atoms with Crippen molar-refractivity contribution in [3.05, 3.63) is 35.0 Å². The topological polar surface area (TPSA) is 167 Å². The summed E-state index contributed by atoms with van der Waals surface area (Å²) in [6.07, 6.45) is 0.928. The quantitative estimate of drug-likeness (QED) is 0.297. The second kappa shape index (κ2) is 9.85. The number of rotatable bonds is 8. The van der Waals surface area contributed by atoms with Crippen LogP contribution in [0.4, 0.5) is 9.93 Å². The number of hydrogen-bond acceptors (Lipinski definition) is 9. The maximum absolute atomic E-state index is 13.1. The average molecular weight is 510 g/mol. The van der Waals surface area contributed by atoms with Crippen LogP contribution in [0.1, 0.15) is 32.5 Å². The van der Waals surface area contributed by atoms with E-state index in [1.54, 1.807) is 20.8 Å². The average Bonchev–Trinajstić information content (AvgIpc) is 3.21. The fourth-order valence-electron chi connectivity index (χ4n) is 3.27. The summed E-state index contributed by atoms with van der Waals surface area (Å²) in [7, 11) is 0. The van der Waals surface area contributed by atoms with Gasteiger partial charge >= 0.3 is 12.1 Å². The van der Waals surface area contributed by atoms with Crippen molar-refractivity contribution in [2.45, 2.75) is 43.8 Å². The second-order valence-corrected chi connectivity index (χ2v) is 10.2. The molecule has 2 aliphatic rings. The molecule has 14 heteroatoms. The Labute approximate surface area is 202 Å². The van der Waals surface area contributed by atoms with Crippen LogP contribution >= 0.6 is 23.1 Å². The van der Waals surface area contributed by atoms with Crippen LogP contribution in [0.5, 0.6) is 0 Å². The maximum Gasteiger partial charge on any atom is 0.408 e. The van der Waals surface area contributed by atoms with Gasteiger partial charge in [0.2, 0.25) is 12.3 Å². The minimum absolute atomic E-state index is 0.123. The zero-order valence-electron chi connectivity index (χ0n) is 18.5. The highest BCUT2D eigenvalue weighted by atomic mass is 32.2. The molecule has 0 saturated carbocycles. The first-order valence-electron chi connectivity index (χ1n) is 9.96. The van der Waals surface area contributed by atoms with E-state index in [2.05, 4.69) is 27.5 Å². The Balaban J connectivity index is 1.80. The van der Waals surface area contributed by atoms with Crippen LogP contribution in [0.2, 0.25) is 0 Å². The molecular weight excluding hydrogens is 486 g/mol. The van der Waals surface area contributed by atoms with Crippen molar-refractivity contribution in [1.82, 2.24) is 20.5 Å². The van der Waals surface area contributed by atoms with Gasteiger partial charge < -0.3 is 25.8 Å². The third-order valence-electron chi connectivity index (χ3n) is 4.67. The van der Waals surface area contributed by atoms with Crippen molar-refractivity contribution >= 4 is 58.5 Å². The predicted molar refractivity (Wildman–Crippen MR) is 124 cm³/mol. The number of hydrogen-bond donors (Lipinski definition) is 4. The van der Waals surface area contributed by atoms with Crippen LogP contribution in [0, 0.1) is 0 Å². The number of anilines is 1. The van der Waals surface area contributed by atoms with Gasteiger partial charge in [-0.25, -0.2) is 14.6 Å². The molecule has 182 valence electrons. The van der Waals surface area contributed by atoms with Gasteiger partial charge in [-0.1, -0.05) is 12.7 Å². The standard InChI is InChI=1S/C20H23N5O7S2/c1-5-9-6-33-16-12(15(28)25(16)13(9)17(29)30)23-14(27)11(24-19(31)32-20(2,3)4)10-7-34-18(22-10)21-8-26/h5,7-8,11-12,16H,1,6H2,2-4H3,(H,23,27)(H,24,31)(H,29,30)(H,21,22,26)/t11?,12?,16-/m0/s1. The molecule has 3 rings (SSSR count). The number of allylic oxidation sites excluding steroid dienone is 1. The number of ether oxygens (including phenoxy) is 1. The van der Waals surface area contributed by atoms with E-state index >= 15 is 0 Å². The summed E-state index contributed by atoms with van der Waals surface area (Å²) in [6, 6.07) is -2.34. The summed E-state index contributed by atoms with van der Waals surface area (Å²) in [5, 5.41) is 18.0. The Morgan fingerprint density at radius 3 is 2.68 bits per heavy atom. The summed E-state index contributed by atoms with van der Waals surface area (Å²) in [5.74, 6) is -2.30. The summed E-state index contributed by atoms with van der Waals surface area (Å²) < 4.78 is 5.22. The first kappa shape index (κ1) is 25.2. The van der Waals surface area contributed by atoms with E-state index in [1.807, 2.05) is 0 Å². The zero-order valence-corrected chi connectivity index (χ0v) is 20.1. The van der Waals surface area contributed by atoms with Crippen molar-refractivity contribution in [3.8, 4) is 0 Å². The number of aromatic nitrogens is 1. The van der Waals surface area contributed by atoms with Gasteiger partial charge in [0, 0.05) is 11.1 Å². The first-order chi connectivity index (χ1) is 16.0. The molecule has 12 nitrogen and oxygen atoms in total. The minimum Gasteiger partial charge on any atom is -0.477 e. The van der Waals surface area contributed by atoms with Gasteiger partial charge in [0.05, 0.1) is 5.69 Å². The number of β-lactam (4-membered cyclic amide) rings is 1.